The van der Waals surface area contributed by atoms with Gasteiger partial charge in [0.15, 0.2) is 0 Å². The van der Waals surface area contributed by atoms with Crippen LogP contribution in [0.1, 0.15) is 24.4 Å². The highest BCUT2D eigenvalue weighted by Gasteiger charge is 2.30. The molecule has 2 aromatic rings. The van der Waals surface area contributed by atoms with Gasteiger partial charge in [-0.2, -0.15) is 0 Å². The first-order valence-electron chi connectivity index (χ1n) is 7.65. The molecule has 0 saturated carbocycles. The summed E-state index contributed by atoms with van der Waals surface area (Å²) in [7, 11) is 1.66. The van der Waals surface area contributed by atoms with Crippen molar-refractivity contribution in [1.82, 2.24) is 4.90 Å². The Morgan fingerprint density at radius 2 is 2.09 bits per heavy atom. The van der Waals surface area contributed by atoms with Gasteiger partial charge in [-0.1, -0.05) is 24.3 Å². The largest absolute Gasteiger partial charge is 0.497 e. The minimum atomic E-state index is -0.0674. The maximum absolute atomic E-state index is 12.7. The van der Waals surface area contributed by atoms with Gasteiger partial charge in [0.2, 0.25) is 0 Å². The molecule has 2 amide bonds. The van der Waals surface area contributed by atoms with Gasteiger partial charge in [0.1, 0.15) is 5.75 Å². The number of methoxy groups -OCH3 is 1. The number of likely N-dealkylation sites (tertiary alicyclic amines) is 1. The molecule has 0 spiro atoms. The first kappa shape index (κ1) is 15.9. The van der Waals surface area contributed by atoms with E-state index in [1.54, 1.807) is 7.11 Å². The van der Waals surface area contributed by atoms with Gasteiger partial charge in [-0.3, -0.25) is 0 Å². The van der Waals surface area contributed by atoms with E-state index < -0.39 is 0 Å². The molecule has 0 aromatic heterocycles. The lowest BCUT2D eigenvalue weighted by atomic mass is 10.0. The van der Waals surface area contributed by atoms with E-state index >= 15 is 0 Å². The second kappa shape index (κ2) is 7.04. The maximum atomic E-state index is 12.7. The highest BCUT2D eigenvalue weighted by atomic mass is 79.9. The average molecular weight is 375 g/mol. The minimum absolute atomic E-state index is 0.0674. The van der Waals surface area contributed by atoms with E-state index in [0.29, 0.717) is 0 Å². The summed E-state index contributed by atoms with van der Waals surface area (Å²) < 4.78 is 6.18. The van der Waals surface area contributed by atoms with Crippen molar-refractivity contribution in [1.29, 1.82) is 0 Å². The number of para-hydroxylation sites is 1. The lowest BCUT2D eigenvalue weighted by molar-refractivity contribution is 0.207. The van der Waals surface area contributed by atoms with Gasteiger partial charge in [0.25, 0.3) is 0 Å². The van der Waals surface area contributed by atoms with Crippen LogP contribution >= 0.6 is 15.9 Å². The number of hydrogen-bond acceptors (Lipinski definition) is 2. The van der Waals surface area contributed by atoms with E-state index in [9.17, 15) is 4.79 Å². The number of carbonyl (C=O) groups is 1. The fourth-order valence-corrected chi connectivity index (χ4v) is 3.34. The molecule has 1 aliphatic heterocycles. The first-order chi connectivity index (χ1) is 11.2. The van der Waals surface area contributed by atoms with Gasteiger partial charge < -0.3 is 15.0 Å². The zero-order valence-electron chi connectivity index (χ0n) is 13.0. The number of carbonyl (C=O) groups excluding carboxylic acids is 1. The first-order valence-corrected chi connectivity index (χ1v) is 8.44. The van der Waals surface area contributed by atoms with Crippen LogP contribution in [0.4, 0.5) is 10.5 Å². The van der Waals surface area contributed by atoms with E-state index in [-0.39, 0.29) is 12.1 Å². The van der Waals surface area contributed by atoms with Crippen LogP contribution in [-0.2, 0) is 0 Å². The smallest absolute Gasteiger partial charge is 0.322 e. The van der Waals surface area contributed by atoms with Crippen molar-refractivity contribution >= 4 is 27.6 Å². The average Bonchev–Trinajstić information content (AvgIpc) is 3.07. The number of nitrogens with zero attached hydrogens (tertiary/aromatic N) is 1. The molecule has 2 aromatic carbocycles. The topological polar surface area (TPSA) is 41.6 Å². The van der Waals surface area contributed by atoms with Crippen molar-refractivity contribution in [3.05, 3.63) is 58.6 Å². The van der Waals surface area contributed by atoms with Crippen LogP contribution in [0, 0.1) is 0 Å². The zero-order valence-corrected chi connectivity index (χ0v) is 14.5. The fourth-order valence-electron chi connectivity index (χ4n) is 2.95. The van der Waals surface area contributed by atoms with Gasteiger partial charge in [-0.15, -0.1) is 0 Å². The van der Waals surface area contributed by atoms with Crippen molar-refractivity contribution in [2.24, 2.45) is 0 Å². The molecule has 1 saturated heterocycles. The van der Waals surface area contributed by atoms with E-state index in [1.165, 1.54) is 0 Å². The molecule has 120 valence electrons. The van der Waals surface area contributed by atoms with Gasteiger partial charge in [0, 0.05) is 11.0 Å². The number of benzene rings is 2. The molecule has 1 heterocycles. The molecule has 1 atom stereocenters. The number of urea groups is 1. The molecule has 0 aliphatic carbocycles. The second-order valence-electron chi connectivity index (χ2n) is 5.54. The Labute approximate surface area is 144 Å². The van der Waals surface area contributed by atoms with Gasteiger partial charge in [-0.25, -0.2) is 4.79 Å². The predicted molar refractivity (Wildman–Crippen MR) is 94.8 cm³/mol. The number of halogens is 1. The molecule has 1 N–H and O–H groups in total. The van der Waals surface area contributed by atoms with Crippen LogP contribution in [0.25, 0.3) is 0 Å². The lowest BCUT2D eigenvalue weighted by Gasteiger charge is -2.26. The molecule has 5 heteroatoms. The Morgan fingerprint density at radius 1 is 1.26 bits per heavy atom. The van der Waals surface area contributed by atoms with Crippen molar-refractivity contribution in [3.63, 3.8) is 0 Å². The van der Waals surface area contributed by atoms with E-state index in [1.807, 2.05) is 47.4 Å². The Bertz CT molecular complexity index is 705. The summed E-state index contributed by atoms with van der Waals surface area (Å²) in [6.07, 6.45) is 1.97. The number of ether oxygens (including phenoxy) is 1. The normalized spacial score (nSPS) is 17.1. The summed E-state index contributed by atoms with van der Waals surface area (Å²) in [6, 6.07) is 15.6. The molecule has 0 radical (unpaired) electrons. The predicted octanol–water partition coefficient (Wildman–Crippen LogP) is 4.83. The summed E-state index contributed by atoms with van der Waals surface area (Å²) in [6.45, 7) is 0.762. The third-order valence-corrected chi connectivity index (χ3v) is 4.80. The van der Waals surface area contributed by atoms with Crippen LogP contribution in [0.3, 0.4) is 0 Å². The standard InChI is InChI=1S/C18H19BrN2O2/c1-23-14-7-4-6-13(12-14)17-10-5-11-21(17)18(22)20-16-9-3-2-8-15(16)19/h2-4,6-9,12,17H,5,10-11H2,1H3,(H,20,22). The van der Waals surface area contributed by atoms with E-state index in [4.69, 9.17) is 4.74 Å². The van der Waals surface area contributed by atoms with Crippen LogP contribution < -0.4 is 10.1 Å². The summed E-state index contributed by atoms with van der Waals surface area (Å²) in [4.78, 5) is 14.6. The Morgan fingerprint density at radius 3 is 2.87 bits per heavy atom. The van der Waals surface area contributed by atoms with Crippen molar-refractivity contribution in [2.45, 2.75) is 18.9 Å². The Balaban J connectivity index is 1.78. The Hall–Kier alpha value is -2.01. The molecule has 23 heavy (non-hydrogen) atoms. The minimum Gasteiger partial charge on any atom is -0.497 e. The number of rotatable bonds is 3. The second-order valence-corrected chi connectivity index (χ2v) is 6.39. The fraction of sp³-hybridized carbons (Fsp3) is 0.278. The van der Waals surface area contributed by atoms with Crippen LogP contribution in [-0.4, -0.2) is 24.6 Å². The number of nitrogens with one attached hydrogen (secondary N) is 1. The van der Waals surface area contributed by atoms with Crippen molar-refractivity contribution in [2.75, 3.05) is 19.0 Å². The molecule has 1 aliphatic rings. The molecule has 1 fully saturated rings. The van der Waals surface area contributed by atoms with Crippen LogP contribution in [0.5, 0.6) is 5.75 Å². The molecular formula is C18H19BrN2O2. The van der Waals surface area contributed by atoms with Crippen molar-refractivity contribution in [3.8, 4) is 5.75 Å². The zero-order chi connectivity index (χ0) is 16.2. The van der Waals surface area contributed by atoms with E-state index in [0.717, 1.165) is 40.9 Å². The summed E-state index contributed by atoms with van der Waals surface area (Å²) in [5.41, 5.74) is 1.90. The quantitative estimate of drug-likeness (QED) is 0.835. The molecule has 4 nitrogen and oxygen atoms in total. The van der Waals surface area contributed by atoms with Crippen LogP contribution in [0.2, 0.25) is 0 Å². The number of hydrogen-bond donors (Lipinski definition) is 1. The summed E-state index contributed by atoms with van der Waals surface area (Å²) in [5, 5.41) is 2.99. The third-order valence-electron chi connectivity index (χ3n) is 4.11. The third kappa shape index (κ3) is 3.50. The van der Waals surface area contributed by atoms with E-state index in [2.05, 4.69) is 27.3 Å². The highest BCUT2D eigenvalue weighted by molar-refractivity contribution is 9.10. The SMILES string of the molecule is COc1cccc(C2CCCN2C(=O)Nc2ccccc2Br)c1. The maximum Gasteiger partial charge on any atom is 0.322 e. The lowest BCUT2D eigenvalue weighted by Crippen LogP contribution is -2.34. The van der Waals surface area contributed by atoms with Gasteiger partial charge >= 0.3 is 6.03 Å². The molecular weight excluding hydrogens is 356 g/mol. The molecule has 1 unspecified atom stereocenters. The van der Waals surface area contributed by atoms with Crippen molar-refractivity contribution < 1.29 is 9.53 Å². The van der Waals surface area contributed by atoms with Gasteiger partial charge in [0.05, 0.1) is 18.8 Å². The number of amides is 2. The monoisotopic (exact) mass is 374 g/mol. The highest BCUT2D eigenvalue weighted by Crippen LogP contribution is 2.34. The molecule has 3 rings (SSSR count). The Kier molecular flexibility index (Phi) is 4.86. The van der Waals surface area contributed by atoms with Crippen LogP contribution in [0.15, 0.2) is 53.0 Å². The van der Waals surface area contributed by atoms with Gasteiger partial charge in [-0.05, 0) is 58.6 Å². The summed E-state index contributed by atoms with van der Waals surface area (Å²) >= 11 is 3.46. The molecule has 0 bridgehead atoms. The number of anilines is 1. The summed E-state index contributed by atoms with van der Waals surface area (Å²) in [5.74, 6) is 0.820.